The van der Waals surface area contributed by atoms with Crippen molar-refractivity contribution in [3.8, 4) is 5.75 Å². The van der Waals surface area contributed by atoms with Gasteiger partial charge in [0, 0.05) is 23.7 Å². The normalized spacial score (nSPS) is 24.8. The molecule has 0 heterocycles. The van der Waals surface area contributed by atoms with Crippen molar-refractivity contribution in [2.24, 2.45) is 28.7 Å². The van der Waals surface area contributed by atoms with Gasteiger partial charge in [0.25, 0.3) is 0 Å². The average Bonchev–Trinajstić information content (AvgIpc) is 2.81. The fourth-order valence-electron chi connectivity index (χ4n) is 4.19. The topological polar surface area (TPSA) is 73.3 Å². The molecule has 0 spiro atoms. The predicted octanol–water partition coefficient (Wildman–Crippen LogP) is 4.95. The highest BCUT2D eigenvalue weighted by Gasteiger charge is 2.31. The number of rotatable bonds is 5. The molecule has 4 heteroatoms. The SMILES string of the molecule is CNc1ccc(OC(N)(N)C2=CC(C)(C)C=C(C3CCC(C)CC3)C=C2)cc1. The van der Waals surface area contributed by atoms with Crippen LogP contribution in [0.1, 0.15) is 46.5 Å². The zero-order chi connectivity index (χ0) is 20.4. The lowest BCUT2D eigenvalue weighted by Gasteiger charge is -2.29. The molecule has 5 N–H and O–H groups in total. The predicted molar refractivity (Wildman–Crippen MR) is 118 cm³/mol. The Hall–Kier alpha value is -2.04. The van der Waals surface area contributed by atoms with Crippen molar-refractivity contribution in [2.45, 2.75) is 52.3 Å². The second kappa shape index (κ2) is 8.14. The summed E-state index contributed by atoms with van der Waals surface area (Å²) in [7, 11) is 1.88. The third-order valence-electron chi connectivity index (χ3n) is 5.89. The Balaban J connectivity index is 1.79. The van der Waals surface area contributed by atoms with Gasteiger partial charge in [-0.3, -0.25) is 11.5 Å². The van der Waals surface area contributed by atoms with E-state index >= 15 is 0 Å². The zero-order valence-electron chi connectivity index (χ0n) is 17.7. The van der Waals surface area contributed by atoms with Crippen LogP contribution in [0.3, 0.4) is 0 Å². The quantitative estimate of drug-likeness (QED) is 0.631. The Kier molecular flexibility index (Phi) is 6.01. The molecule has 0 aromatic heterocycles. The Labute approximate surface area is 169 Å². The van der Waals surface area contributed by atoms with Gasteiger partial charge in [-0.05, 0) is 54.5 Å². The fourth-order valence-corrected chi connectivity index (χ4v) is 4.19. The van der Waals surface area contributed by atoms with Gasteiger partial charge in [-0.1, -0.05) is 57.9 Å². The summed E-state index contributed by atoms with van der Waals surface area (Å²) < 4.78 is 5.97. The summed E-state index contributed by atoms with van der Waals surface area (Å²) >= 11 is 0. The van der Waals surface area contributed by atoms with Crippen LogP contribution in [0.4, 0.5) is 5.69 Å². The van der Waals surface area contributed by atoms with Gasteiger partial charge in [0.05, 0.1) is 0 Å². The lowest BCUT2D eigenvalue weighted by Crippen LogP contribution is -2.56. The van der Waals surface area contributed by atoms with Crippen molar-refractivity contribution < 1.29 is 4.74 Å². The molecule has 152 valence electrons. The minimum Gasteiger partial charge on any atom is -0.456 e. The van der Waals surface area contributed by atoms with E-state index in [1.165, 1.54) is 31.3 Å². The number of anilines is 1. The van der Waals surface area contributed by atoms with Gasteiger partial charge in [-0.25, -0.2) is 0 Å². The van der Waals surface area contributed by atoms with E-state index in [2.05, 4.69) is 44.3 Å². The van der Waals surface area contributed by atoms with Crippen LogP contribution in [0.15, 0.2) is 59.7 Å². The fraction of sp³-hybridized carbons (Fsp3) is 0.500. The number of allylic oxidation sites excluding steroid dienone is 4. The van der Waals surface area contributed by atoms with Crippen LogP contribution in [-0.2, 0) is 0 Å². The van der Waals surface area contributed by atoms with Crippen LogP contribution in [0.2, 0.25) is 0 Å². The smallest absolute Gasteiger partial charge is 0.239 e. The van der Waals surface area contributed by atoms with Gasteiger partial charge >= 0.3 is 0 Å². The van der Waals surface area contributed by atoms with E-state index in [4.69, 9.17) is 16.2 Å². The molecule has 2 aliphatic rings. The van der Waals surface area contributed by atoms with E-state index < -0.39 is 5.85 Å². The summed E-state index contributed by atoms with van der Waals surface area (Å²) in [5.74, 6) is 0.727. The Bertz CT molecular complexity index is 764. The first kappa shape index (κ1) is 20.7. The van der Waals surface area contributed by atoms with Gasteiger partial charge in [0.15, 0.2) is 0 Å². The molecular formula is C24H35N3O. The molecule has 3 rings (SSSR count). The summed E-state index contributed by atoms with van der Waals surface area (Å²) in [5, 5.41) is 3.09. The maximum Gasteiger partial charge on any atom is 0.239 e. The molecule has 1 fully saturated rings. The van der Waals surface area contributed by atoms with Gasteiger partial charge in [-0.2, -0.15) is 0 Å². The monoisotopic (exact) mass is 381 g/mol. The Morgan fingerprint density at radius 1 is 1.00 bits per heavy atom. The second-order valence-electron chi connectivity index (χ2n) is 9.03. The molecule has 28 heavy (non-hydrogen) atoms. The van der Waals surface area contributed by atoms with Crippen molar-refractivity contribution in [3.05, 3.63) is 59.7 Å². The van der Waals surface area contributed by atoms with Crippen LogP contribution in [-0.4, -0.2) is 12.9 Å². The van der Waals surface area contributed by atoms with E-state index in [0.29, 0.717) is 11.7 Å². The summed E-state index contributed by atoms with van der Waals surface area (Å²) in [6.45, 7) is 6.75. The van der Waals surface area contributed by atoms with E-state index in [0.717, 1.165) is 17.2 Å². The van der Waals surface area contributed by atoms with Crippen LogP contribution in [0, 0.1) is 17.3 Å². The molecule has 1 aromatic carbocycles. The number of nitrogens with one attached hydrogen (secondary N) is 1. The van der Waals surface area contributed by atoms with Crippen molar-refractivity contribution in [3.63, 3.8) is 0 Å². The second-order valence-corrected chi connectivity index (χ2v) is 9.03. The van der Waals surface area contributed by atoms with E-state index in [1.54, 1.807) is 0 Å². The first-order chi connectivity index (χ1) is 13.2. The van der Waals surface area contributed by atoms with Gasteiger partial charge in [-0.15, -0.1) is 0 Å². The molecule has 0 radical (unpaired) electrons. The van der Waals surface area contributed by atoms with Gasteiger partial charge in [0.1, 0.15) is 5.75 Å². The van der Waals surface area contributed by atoms with E-state index in [9.17, 15) is 0 Å². The molecule has 0 saturated heterocycles. The van der Waals surface area contributed by atoms with Gasteiger partial charge in [0.2, 0.25) is 5.85 Å². The highest BCUT2D eigenvalue weighted by molar-refractivity contribution is 5.46. The lowest BCUT2D eigenvalue weighted by atomic mass is 9.77. The first-order valence-corrected chi connectivity index (χ1v) is 10.4. The summed E-state index contributed by atoms with van der Waals surface area (Å²) in [6, 6.07) is 7.63. The molecule has 0 amide bonds. The number of ether oxygens (including phenoxy) is 1. The standard InChI is InChI=1S/C24H35N3O/c1-17-5-7-18(8-6-17)19-9-10-20(16-23(2,3)15-19)24(25,26)28-22-13-11-21(27-4)12-14-22/h9-18,27H,5-8,25-26H2,1-4H3. The lowest BCUT2D eigenvalue weighted by molar-refractivity contribution is 0.125. The van der Waals surface area contributed by atoms with Crippen LogP contribution >= 0.6 is 0 Å². The van der Waals surface area contributed by atoms with Crippen LogP contribution < -0.4 is 21.5 Å². The highest BCUT2D eigenvalue weighted by atomic mass is 16.5. The van der Waals surface area contributed by atoms with Crippen molar-refractivity contribution >= 4 is 5.69 Å². The molecule has 1 saturated carbocycles. The minimum absolute atomic E-state index is 0.138. The summed E-state index contributed by atoms with van der Waals surface area (Å²) in [4.78, 5) is 0. The van der Waals surface area contributed by atoms with Crippen LogP contribution in [0.25, 0.3) is 0 Å². The van der Waals surface area contributed by atoms with E-state index in [1.807, 2.05) is 37.4 Å². The van der Waals surface area contributed by atoms with Crippen LogP contribution in [0.5, 0.6) is 5.75 Å². The molecular weight excluding hydrogens is 346 g/mol. The van der Waals surface area contributed by atoms with Crippen molar-refractivity contribution in [1.82, 2.24) is 0 Å². The molecule has 2 aliphatic carbocycles. The maximum atomic E-state index is 6.42. The molecule has 1 aromatic rings. The molecule has 0 bridgehead atoms. The van der Waals surface area contributed by atoms with E-state index in [-0.39, 0.29) is 5.41 Å². The molecule has 0 aliphatic heterocycles. The largest absolute Gasteiger partial charge is 0.456 e. The minimum atomic E-state index is -1.39. The third kappa shape index (κ3) is 5.06. The molecule has 0 atom stereocenters. The molecule has 0 unspecified atom stereocenters. The Morgan fingerprint density at radius 2 is 1.64 bits per heavy atom. The number of nitrogens with two attached hydrogens (primary N) is 2. The zero-order valence-corrected chi connectivity index (χ0v) is 17.7. The van der Waals surface area contributed by atoms with Gasteiger partial charge < -0.3 is 10.1 Å². The highest BCUT2D eigenvalue weighted by Crippen LogP contribution is 2.38. The Morgan fingerprint density at radius 3 is 2.25 bits per heavy atom. The maximum absolute atomic E-state index is 6.42. The van der Waals surface area contributed by atoms with Crippen molar-refractivity contribution in [1.29, 1.82) is 0 Å². The van der Waals surface area contributed by atoms with Crippen molar-refractivity contribution in [2.75, 3.05) is 12.4 Å². The third-order valence-corrected chi connectivity index (χ3v) is 5.89. The molecule has 4 nitrogen and oxygen atoms in total. The summed E-state index contributed by atoms with van der Waals surface area (Å²) in [6.07, 6.45) is 13.9. The number of hydrogen-bond acceptors (Lipinski definition) is 4. The average molecular weight is 382 g/mol. The first-order valence-electron chi connectivity index (χ1n) is 10.4. The number of hydrogen-bond donors (Lipinski definition) is 3. The number of benzene rings is 1. The summed E-state index contributed by atoms with van der Waals surface area (Å²) in [5.41, 5.74) is 15.9.